The van der Waals surface area contributed by atoms with Crippen LogP contribution in [0.15, 0.2) is 41.6 Å². The molecule has 0 saturated carbocycles. The van der Waals surface area contributed by atoms with E-state index in [0.29, 0.717) is 18.8 Å². The van der Waals surface area contributed by atoms with E-state index in [0.717, 1.165) is 0 Å². The number of anilines is 1. The Labute approximate surface area is 152 Å². The number of benzene rings is 1. The van der Waals surface area contributed by atoms with E-state index in [1.165, 1.54) is 22.6 Å². The number of nitrogens with one attached hydrogen (secondary N) is 1. The van der Waals surface area contributed by atoms with Gasteiger partial charge in [0.2, 0.25) is 10.0 Å². The lowest BCUT2D eigenvalue weighted by Gasteiger charge is -2.34. The van der Waals surface area contributed by atoms with Gasteiger partial charge in [-0.3, -0.25) is 9.48 Å². The number of amides is 1. The topological polar surface area (TPSA) is 93.5 Å². The van der Waals surface area contributed by atoms with Gasteiger partial charge in [0.05, 0.1) is 29.0 Å². The van der Waals surface area contributed by atoms with Crippen LogP contribution >= 0.6 is 0 Å². The van der Waals surface area contributed by atoms with Gasteiger partial charge in [0.1, 0.15) is 0 Å². The smallest absolute Gasteiger partial charge is 0.255 e. The van der Waals surface area contributed by atoms with Gasteiger partial charge < -0.3 is 10.1 Å². The maximum atomic E-state index is 12.9. The summed E-state index contributed by atoms with van der Waals surface area (Å²) in [5, 5.41) is 6.68. The zero-order valence-corrected chi connectivity index (χ0v) is 15.7. The normalized spacial score (nSPS) is 21.5. The highest BCUT2D eigenvalue weighted by Crippen LogP contribution is 2.22. The number of ether oxygens (including phenoxy) is 1. The summed E-state index contributed by atoms with van der Waals surface area (Å²) in [6.45, 7) is 4.27. The molecule has 2 atom stereocenters. The second-order valence-electron chi connectivity index (χ2n) is 6.46. The lowest BCUT2D eigenvalue weighted by molar-refractivity contribution is -0.0440. The third-order valence-corrected chi connectivity index (χ3v) is 5.91. The number of nitrogens with zero attached hydrogens (tertiary/aromatic N) is 3. The molecule has 1 aromatic heterocycles. The number of aromatic nitrogens is 2. The Morgan fingerprint density at radius 1 is 1.27 bits per heavy atom. The predicted octanol–water partition coefficient (Wildman–Crippen LogP) is 1.47. The Morgan fingerprint density at radius 2 is 1.96 bits per heavy atom. The van der Waals surface area contributed by atoms with E-state index >= 15 is 0 Å². The van der Waals surface area contributed by atoms with E-state index in [-0.39, 0.29) is 22.7 Å². The van der Waals surface area contributed by atoms with Crippen LogP contribution in [0.5, 0.6) is 0 Å². The molecule has 26 heavy (non-hydrogen) atoms. The number of carbonyl (C=O) groups is 1. The second-order valence-corrected chi connectivity index (χ2v) is 8.40. The molecule has 1 aliphatic rings. The molecule has 2 aromatic rings. The fourth-order valence-corrected chi connectivity index (χ4v) is 4.60. The van der Waals surface area contributed by atoms with Crippen molar-refractivity contribution in [1.29, 1.82) is 0 Å². The molecule has 1 fully saturated rings. The summed E-state index contributed by atoms with van der Waals surface area (Å²) in [5.74, 6) is -0.390. The highest BCUT2D eigenvalue weighted by Gasteiger charge is 2.32. The Kier molecular flexibility index (Phi) is 5.12. The highest BCUT2D eigenvalue weighted by atomic mass is 32.2. The lowest BCUT2D eigenvalue weighted by Crippen LogP contribution is -2.48. The molecule has 0 aliphatic carbocycles. The molecule has 0 unspecified atom stereocenters. The molecule has 2 heterocycles. The summed E-state index contributed by atoms with van der Waals surface area (Å²) in [6.07, 6.45) is 2.83. The van der Waals surface area contributed by atoms with E-state index in [1.54, 1.807) is 30.1 Å². The SMILES string of the molecule is C[C@H]1CN(S(=O)(=O)c2cccc(C(=O)Nc3cnn(C)c3)c2)C[C@H](C)O1. The van der Waals surface area contributed by atoms with Crippen LogP contribution in [-0.4, -0.2) is 53.7 Å². The van der Waals surface area contributed by atoms with Crippen LogP contribution in [-0.2, 0) is 21.8 Å². The van der Waals surface area contributed by atoms with Gasteiger partial charge in [-0.25, -0.2) is 8.42 Å². The Balaban J connectivity index is 1.82. The minimum atomic E-state index is -3.70. The number of sulfonamides is 1. The molecule has 3 rings (SSSR count). The molecule has 1 saturated heterocycles. The van der Waals surface area contributed by atoms with Gasteiger partial charge in [0.25, 0.3) is 5.91 Å². The average molecular weight is 378 g/mol. The third-order valence-electron chi connectivity index (χ3n) is 4.08. The average Bonchev–Trinajstić information content (AvgIpc) is 2.99. The number of carbonyl (C=O) groups excluding carboxylic acids is 1. The first-order valence-electron chi connectivity index (χ1n) is 8.31. The van der Waals surface area contributed by atoms with Gasteiger partial charge in [-0.1, -0.05) is 6.07 Å². The second kappa shape index (κ2) is 7.18. The van der Waals surface area contributed by atoms with Gasteiger partial charge in [-0.2, -0.15) is 9.40 Å². The number of hydrogen-bond acceptors (Lipinski definition) is 5. The van der Waals surface area contributed by atoms with E-state index in [9.17, 15) is 13.2 Å². The first-order valence-corrected chi connectivity index (χ1v) is 9.75. The summed E-state index contributed by atoms with van der Waals surface area (Å²) < 4.78 is 34.5. The third kappa shape index (κ3) is 3.95. The summed E-state index contributed by atoms with van der Waals surface area (Å²) in [7, 11) is -1.95. The molecule has 1 aliphatic heterocycles. The minimum Gasteiger partial charge on any atom is -0.373 e. The summed E-state index contributed by atoms with van der Waals surface area (Å²) in [6, 6.07) is 6.04. The zero-order valence-electron chi connectivity index (χ0n) is 14.9. The molecular weight excluding hydrogens is 356 g/mol. The van der Waals surface area contributed by atoms with Crippen LogP contribution in [0.25, 0.3) is 0 Å². The van der Waals surface area contributed by atoms with E-state index < -0.39 is 15.9 Å². The minimum absolute atomic E-state index is 0.0950. The summed E-state index contributed by atoms with van der Waals surface area (Å²) in [5.41, 5.74) is 0.811. The summed E-state index contributed by atoms with van der Waals surface area (Å²) >= 11 is 0. The molecule has 140 valence electrons. The number of morpholine rings is 1. The molecule has 0 spiro atoms. The van der Waals surface area contributed by atoms with Crippen molar-refractivity contribution >= 4 is 21.6 Å². The van der Waals surface area contributed by atoms with Gasteiger partial charge in [0, 0.05) is 31.9 Å². The highest BCUT2D eigenvalue weighted by molar-refractivity contribution is 7.89. The maximum absolute atomic E-state index is 12.9. The van der Waals surface area contributed by atoms with Gasteiger partial charge in [0.15, 0.2) is 0 Å². The van der Waals surface area contributed by atoms with Crippen molar-refractivity contribution in [2.24, 2.45) is 7.05 Å². The van der Waals surface area contributed by atoms with Gasteiger partial charge in [-0.15, -0.1) is 0 Å². The van der Waals surface area contributed by atoms with Crippen LogP contribution < -0.4 is 5.32 Å². The van der Waals surface area contributed by atoms with Crippen LogP contribution in [0.1, 0.15) is 24.2 Å². The largest absolute Gasteiger partial charge is 0.373 e. The van der Waals surface area contributed by atoms with Gasteiger partial charge >= 0.3 is 0 Å². The van der Waals surface area contributed by atoms with Crippen LogP contribution in [0.3, 0.4) is 0 Å². The van der Waals surface area contributed by atoms with E-state index in [4.69, 9.17) is 4.74 Å². The number of rotatable bonds is 4. The maximum Gasteiger partial charge on any atom is 0.255 e. The van der Waals surface area contributed by atoms with Crippen molar-refractivity contribution in [3.63, 3.8) is 0 Å². The Bertz CT molecular complexity index is 899. The molecule has 9 heteroatoms. The fourth-order valence-electron chi connectivity index (χ4n) is 2.96. The van der Waals surface area contributed by atoms with Crippen molar-refractivity contribution in [1.82, 2.24) is 14.1 Å². The molecule has 0 bridgehead atoms. The van der Waals surface area contributed by atoms with Crippen molar-refractivity contribution < 1.29 is 17.9 Å². The molecule has 8 nitrogen and oxygen atoms in total. The molecule has 0 radical (unpaired) electrons. The van der Waals surface area contributed by atoms with Crippen LogP contribution in [0, 0.1) is 0 Å². The van der Waals surface area contributed by atoms with Gasteiger partial charge in [-0.05, 0) is 32.0 Å². The molecule has 1 N–H and O–H groups in total. The first kappa shape index (κ1) is 18.6. The monoisotopic (exact) mass is 378 g/mol. The van der Waals surface area contributed by atoms with Crippen molar-refractivity contribution in [2.75, 3.05) is 18.4 Å². The quantitative estimate of drug-likeness (QED) is 0.870. The van der Waals surface area contributed by atoms with Crippen molar-refractivity contribution in [3.8, 4) is 0 Å². The fraction of sp³-hybridized carbons (Fsp3) is 0.412. The number of hydrogen-bond donors (Lipinski definition) is 1. The molecule has 1 amide bonds. The van der Waals surface area contributed by atoms with Crippen LogP contribution in [0.4, 0.5) is 5.69 Å². The lowest BCUT2D eigenvalue weighted by atomic mass is 10.2. The van der Waals surface area contributed by atoms with E-state index in [1.807, 2.05) is 13.8 Å². The standard InChI is InChI=1S/C17H22N4O4S/c1-12-9-21(10-13(2)25-12)26(23,24)16-6-4-5-14(7-16)17(22)19-15-8-18-20(3)11-15/h4-8,11-13H,9-10H2,1-3H3,(H,19,22)/t12-,13-/m0/s1. The van der Waals surface area contributed by atoms with Crippen molar-refractivity contribution in [3.05, 3.63) is 42.2 Å². The molecular formula is C17H22N4O4S. The van der Waals surface area contributed by atoms with Crippen molar-refractivity contribution in [2.45, 2.75) is 31.0 Å². The molecule has 1 aromatic carbocycles. The Hall–Kier alpha value is -2.23. The zero-order chi connectivity index (χ0) is 18.9. The predicted molar refractivity (Wildman–Crippen MR) is 96.4 cm³/mol. The number of aryl methyl sites for hydroxylation is 1. The Morgan fingerprint density at radius 3 is 2.58 bits per heavy atom. The first-order chi connectivity index (χ1) is 12.3. The van der Waals surface area contributed by atoms with E-state index in [2.05, 4.69) is 10.4 Å². The summed E-state index contributed by atoms with van der Waals surface area (Å²) in [4.78, 5) is 12.5. The van der Waals surface area contributed by atoms with Crippen LogP contribution in [0.2, 0.25) is 0 Å².